The summed E-state index contributed by atoms with van der Waals surface area (Å²) >= 11 is 0. The van der Waals surface area contributed by atoms with E-state index in [1.54, 1.807) is 11.9 Å². The Labute approximate surface area is 209 Å². The molecule has 2 amide bonds. The van der Waals surface area contributed by atoms with Crippen LogP contribution in [-0.2, 0) is 9.59 Å². The Hall–Kier alpha value is -4.66. The van der Waals surface area contributed by atoms with Crippen molar-refractivity contribution in [2.24, 2.45) is 0 Å². The van der Waals surface area contributed by atoms with Gasteiger partial charge in [-0.05, 0) is 42.8 Å². The maximum atomic E-state index is 13.0. The number of carboxylic acids is 1. The third-order valence-electron chi connectivity index (χ3n) is 6.01. The van der Waals surface area contributed by atoms with Crippen molar-refractivity contribution in [3.63, 3.8) is 0 Å². The molecule has 0 aliphatic carbocycles. The maximum absolute atomic E-state index is 13.0. The number of nitrogens with one attached hydrogen (secondary N) is 2. The van der Waals surface area contributed by atoms with Gasteiger partial charge in [0.15, 0.2) is 0 Å². The molecule has 0 bridgehead atoms. The lowest BCUT2D eigenvalue weighted by Gasteiger charge is -2.23. The van der Waals surface area contributed by atoms with E-state index in [0.717, 1.165) is 16.9 Å². The largest absolute Gasteiger partial charge is 0.478 e. The highest BCUT2D eigenvalue weighted by molar-refractivity contribution is 6.37. The summed E-state index contributed by atoms with van der Waals surface area (Å²) < 4.78 is 0. The lowest BCUT2D eigenvalue weighted by atomic mass is 10.0. The number of fused-ring (bicyclic) bond motifs is 1. The molecule has 9 nitrogen and oxygen atoms in total. The number of anilines is 3. The summed E-state index contributed by atoms with van der Waals surface area (Å²) in [6, 6.07) is 18.3. The van der Waals surface area contributed by atoms with Crippen LogP contribution < -0.4 is 15.5 Å². The van der Waals surface area contributed by atoms with Crippen molar-refractivity contribution in [3.05, 3.63) is 83.7 Å². The molecule has 1 aliphatic heterocycles. The molecule has 1 aromatic heterocycles. The standard InChI is InChI=1S/C27H27N5O4/c1-4-31(2)22(33)16-32(3)20-12-10-19(11-13-20)29-24(17-8-6-5-7-9-17)23-25-21(30-26(23)34)14-18(15-28-25)27(35)36/h5-15,29H,4,16H2,1-3H3,(H,30,34)(H,35,36)/b24-23+. The molecule has 3 N–H and O–H groups in total. The lowest BCUT2D eigenvalue weighted by molar-refractivity contribution is -0.128. The fourth-order valence-corrected chi connectivity index (χ4v) is 3.82. The second-order valence-electron chi connectivity index (χ2n) is 8.43. The van der Waals surface area contributed by atoms with Gasteiger partial charge in [0.05, 0.1) is 29.1 Å². The Morgan fingerprint density at radius 1 is 1.03 bits per heavy atom. The number of likely N-dealkylation sites (N-methyl/N-ethyl adjacent to an activating group) is 2. The minimum absolute atomic E-state index is 0.00663. The summed E-state index contributed by atoms with van der Waals surface area (Å²) in [4.78, 5) is 44.4. The number of carboxylic acid groups (broad SMARTS) is 1. The number of amides is 2. The summed E-state index contributed by atoms with van der Waals surface area (Å²) in [7, 11) is 3.63. The lowest BCUT2D eigenvalue weighted by Crippen LogP contribution is -2.36. The number of benzene rings is 2. The summed E-state index contributed by atoms with van der Waals surface area (Å²) in [5.41, 5.74) is 3.97. The number of hydrogen-bond donors (Lipinski definition) is 3. The van der Waals surface area contributed by atoms with Gasteiger partial charge in [-0.1, -0.05) is 30.3 Å². The molecule has 2 aromatic carbocycles. The van der Waals surface area contributed by atoms with E-state index in [4.69, 9.17) is 0 Å². The average Bonchev–Trinajstić information content (AvgIpc) is 3.22. The number of carbonyl (C=O) groups is 3. The van der Waals surface area contributed by atoms with Crippen LogP contribution in [0.15, 0.2) is 66.9 Å². The number of aromatic nitrogens is 1. The second kappa shape index (κ2) is 10.3. The van der Waals surface area contributed by atoms with Crippen LogP contribution >= 0.6 is 0 Å². The zero-order chi connectivity index (χ0) is 25.8. The molecule has 9 heteroatoms. The Bertz CT molecular complexity index is 1340. The first kappa shape index (κ1) is 24.5. The molecule has 0 fully saturated rings. The van der Waals surface area contributed by atoms with Gasteiger partial charge in [0, 0.05) is 38.2 Å². The van der Waals surface area contributed by atoms with Crippen molar-refractivity contribution in [2.45, 2.75) is 6.92 Å². The number of hydrogen-bond acceptors (Lipinski definition) is 6. The number of nitrogens with zero attached hydrogens (tertiary/aromatic N) is 3. The maximum Gasteiger partial charge on any atom is 0.337 e. The predicted molar refractivity (Wildman–Crippen MR) is 140 cm³/mol. The van der Waals surface area contributed by atoms with Crippen molar-refractivity contribution in [1.82, 2.24) is 9.88 Å². The second-order valence-corrected chi connectivity index (χ2v) is 8.43. The van der Waals surface area contributed by atoms with E-state index in [2.05, 4.69) is 15.6 Å². The third kappa shape index (κ3) is 5.05. The summed E-state index contributed by atoms with van der Waals surface area (Å²) in [6.45, 7) is 2.84. The molecule has 3 aromatic rings. The van der Waals surface area contributed by atoms with Crippen LogP contribution in [0.2, 0.25) is 0 Å². The fourth-order valence-electron chi connectivity index (χ4n) is 3.82. The van der Waals surface area contributed by atoms with Gasteiger partial charge in [-0.3, -0.25) is 14.6 Å². The molecular formula is C27H27N5O4. The monoisotopic (exact) mass is 485 g/mol. The summed E-state index contributed by atoms with van der Waals surface area (Å²) in [5, 5.41) is 15.4. The summed E-state index contributed by atoms with van der Waals surface area (Å²) in [5.74, 6) is -1.46. The quantitative estimate of drug-likeness (QED) is 0.418. The van der Waals surface area contributed by atoms with Crippen molar-refractivity contribution in [3.8, 4) is 0 Å². The number of aromatic carboxylic acids is 1. The topological polar surface area (TPSA) is 115 Å². The summed E-state index contributed by atoms with van der Waals surface area (Å²) in [6.07, 6.45) is 1.24. The number of rotatable bonds is 8. The van der Waals surface area contributed by atoms with E-state index in [0.29, 0.717) is 29.2 Å². The van der Waals surface area contributed by atoms with E-state index in [9.17, 15) is 19.5 Å². The molecule has 0 saturated heterocycles. The smallest absolute Gasteiger partial charge is 0.337 e. The van der Waals surface area contributed by atoms with E-state index in [-0.39, 0.29) is 23.9 Å². The van der Waals surface area contributed by atoms with E-state index in [1.165, 1.54) is 12.3 Å². The number of pyridine rings is 1. The molecule has 0 unspecified atom stereocenters. The molecular weight excluding hydrogens is 458 g/mol. The zero-order valence-electron chi connectivity index (χ0n) is 20.3. The molecule has 4 rings (SSSR count). The first-order valence-electron chi connectivity index (χ1n) is 11.5. The minimum atomic E-state index is -1.12. The normalized spacial score (nSPS) is 13.5. The molecule has 0 spiro atoms. The molecule has 0 atom stereocenters. The van der Waals surface area contributed by atoms with Gasteiger partial charge in [-0.2, -0.15) is 0 Å². The van der Waals surface area contributed by atoms with Gasteiger partial charge in [-0.25, -0.2) is 4.79 Å². The molecule has 0 radical (unpaired) electrons. The highest BCUT2D eigenvalue weighted by Gasteiger charge is 2.30. The first-order chi connectivity index (χ1) is 17.3. The van der Waals surface area contributed by atoms with E-state index < -0.39 is 5.97 Å². The van der Waals surface area contributed by atoms with Gasteiger partial charge >= 0.3 is 5.97 Å². The van der Waals surface area contributed by atoms with Crippen LogP contribution in [0.3, 0.4) is 0 Å². The van der Waals surface area contributed by atoms with Crippen LogP contribution in [0.25, 0.3) is 11.3 Å². The highest BCUT2D eigenvalue weighted by atomic mass is 16.4. The highest BCUT2D eigenvalue weighted by Crippen LogP contribution is 2.36. The Morgan fingerprint density at radius 2 is 1.72 bits per heavy atom. The van der Waals surface area contributed by atoms with Crippen LogP contribution in [0.5, 0.6) is 0 Å². The fraction of sp³-hybridized carbons (Fsp3) is 0.185. The zero-order valence-corrected chi connectivity index (χ0v) is 20.3. The molecule has 184 valence electrons. The molecule has 36 heavy (non-hydrogen) atoms. The Morgan fingerprint density at radius 3 is 2.36 bits per heavy atom. The number of carbonyl (C=O) groups excluding carboxylic acids is 2. The van der Waals surface area contributed by atoms with Gasteiger partial charge in [0.25, 0.3) is 5.91 Å². The SMILES string of the molecule is CCN(C)C(=O)CN(C)c1ccc(N/C(=C2/C(=O)Nc3cc(C(=O)O)cnc32)c2ccccc2)cc1. The third-order valence-corrected chi connectivity index (χ3v) is 6.01. The Balaban J connectivity index is 1.67. The molecule has 2 heterocycles. The van der Waals surface area contributed by atoms with Crippen LogP contribution in [-0.4, -0.2) is 60.0 Å². The van der Waals surface area contributed by atoms with Crippen molar-refractivity contribution in [2.75, 3.05) is 42.7 Å². The van der Waals surface area contributed by atoms with E-state index >= 15 is 0 Å². The average molecular weight is 486 g/mol. The van der Waals surface area contributed by atoms with Crippen LogP contribution in [0, 0.1) is 0 Å². The predicted octanol–water partition coefficient (Wildman–Crippen LogP) is 3.63. The van der Waals surface area contributed by atoms with Crippen LogP contribution in [0.1, 0.15) is 28.5 Å². The van der Waals surface area contributed by atoms with Gasteiger partial charge < -0.3 is 25.5 Å². The van der Waals surface area contributed by atoms with E-state index in [1.807, 2.05) is 73.5 Å². The van der Waals surface area contributed by atoms with Crippen molar-refractivity contribution < 1.29 is 19.5 Å². The first-order valence-corrected chi connectivity index (χ1v) is 11.5. The molecule has 0 saturated carbocycles. The van der Waals surface area contributed by atoms with Gasteiger partial charge in [0.2, 0.25) is 5.91 Å². The Kier molecular flexibility index (Phi) is 7.00. The minimum Gasteiger partial charge on any atom is -0.478 e. The van der Waals surface area contributed by atoms with Crippen LogP contribution in [0.4, 0.5) is 17.1 Å². The van der Waals surface area contributed by atoms with Crippen molar-refractivity contribution in [1.29, 1.82) is 0 Å². The van der Waals surface area contributed by atoms with Gasteiger partial charge in [-0.15, -0.1) is 0 Å². The van der Waals surface area contributed by atoms with Gasteiger partial charge in [0.1, 0.15) is 5.69 Å². The molecule has 1 aliphatic rings. The van der Waals surface area contributed by atoms with Crippen molar-refractivity contribution >= 4 is 46.1 Å².